The van der Waals surface area contributed by atoms with Crippen LogP contribution in [-0.4, -0.2) is 31.8 Å². The molecule has 1 unspecified atom stereocenters. The SMILES string of the molecule is CN1c2nnnnc2N(I)C1I. The first-order chi connectivity index (χ1) is 5.72. The highest BCUT2D eigenvalue weighted by Crippen LogP contribution is 2.38. The highest BCUT2D eigenvalue weighted by atomic mass is 127. The molecular weight excluding hydrogens is 386 g/mol. The third kappa shape index (κ3) is 1.11. The molecule has 0 fully saturated rings. The number of hydrogen-bond acceptors (Lipinski definition) is 6. The van der Waals surface area contributed by atoms with E-state index in [0.29, 0.717) is 0 Å². The van der Waals surface area contributed by atoms with Crippen LogP contribution in [0.5, 0.6) is 0 Å². The van der Waals surface area contributed by atoms with Crippen LogP contribution in [0.4, 0.5) is 11.6 Å². The van der Waals surface area contributed by atoms with E-state index >= 15 is 0 Å². The van der Waals surface area contributed by atoms with E-state index in [9.17, 15) is 0 Å². The summed E-state index contributed by atoms with van der Waals surface area (Å²) in [6, 6.07) is 0. The van der Waals surface area contributed by atoms with Crippen LogP contribution in [-0.2, 0) is 0 Å². The molecule has 1 aliphatic heterocycles. The summed E-state index contributed by atoms with van der Waals surface area (Å²) in [7, 11) is 1.95. The maximum Gasteiger partial charge on any atom is 0.209 e. The summed E-state index contributed by atoms with van der Waals surface area (Å²) in [6.07, 6.45) is 0. The van der Waals surface area contributed by atoms with Crippen molar-refractivity contribution in [3.63, 3.8) is 0 Å². The summed E-state index contributed by atoms with van der Waals surface area (Å²) in [4.78, 5) is 1.99. The Balaban J connectivity index is 2.52. The lowest BCUT2D eigenvalue weighted by molar-refractivity contribution is 0.769. The Bertz CT molecular complexity index is 276. The van der Waals surface area contributed by atoms with Gasteiger partial charge < -0.3 is 4.90 Å². The lowest BCUT2D eigenvalue weighted by atomic mass is 10.6. The van der Waals surface area contributed by atoms with Gasteiger partial charge >= 0.3 is 0 Å². The number of fused-ring (bicyclic) bond motifs is 1. The Labute approximate surface area is 96.3 Å². The molecular formula is C4H4I2N6. The van der Waals surface area contributed by atoms with Crippen molar-refractivity contribution < 1.29 is 0 Å². The van der Waals surface area contributed by atoms with Gasteiger partial charge in [-0.15, -0.1) is 10.2 Å². The number of rotatable bonds is 0. The summed E-state index contributed by atoms with van der Waals surface area (Å²) >= 11 is 4.47. The Morgan fingerprint density at radius 3 is 2.42 bits per heavy atom. The van der Waals surface area contributed by atoms with E-state index in [-0.39, 0.29) is 4.17 Å². The van der Waals surface area contributed by atoms with Crippen molar-refractivity contribution in [3.8, 4) is 0 Å². The fourth-order valence-corrected chi connectivity index (χ4v) is 2.15. The smallest absolute Gasteiger partial charge is 0.209 e. The van der Waals surface area contributed by atoms with Crippen molar-refractivity contribution >= 4 is 57.1 Å². The van der Waals surface area contributed by atoms with Gasteiger partial charge in [-0.25, -0.2) is 0 Å². The molecule has 12 heavy (non-hydrogen) atoms. The van der Waals surface area contributed by atoms with Gasteiger partial charge in [0.25, 0.3) is 0 Å². The standard InChI is InChI=1S/C4H4I2N6/c1-11-2-3(8-10-9-7-2)12(6)4(11)5/h4H,1H3. The van der Waals surface area contributed by atoms with Crippen molar-refractivity contribution in [1.82, 2.24) is 20.6 Å². The van der Waals surface area contributed by atoms with Gasteiger partial charge in [0.05, 0.1) is 22.9 Å². The lowest BCUT2D eigenvalue weighted by Gasteiger charge is -2.17. The molecule has 1 aliphatic rings. The van der Waals surface area contributed by atoms with Gasteiger partial charge in [-0.1, -0.05) is 0 Å². The topological polar surface area (TPSA) is 58.0 Å². The van der Waals surface area contributed by atoms with Crippen LogP contribution in [0, 0.1) is 0 Å². The quantitative estimate of drug-likeness (QED) is 0.280. The number of anilines is 2. The normalized spacial score (nSPS) is 21.4. The molecule has 2 rings (SSSR count). The zero-order valence-electron chi connectivity index (χ0n) is 6.02. The maximum atomic E-state index is 3.89. The maximum absolute atomic E-state index is 3.89. The van der Waals surface area contributed by atoms with Crippen molar-refractivity contribution in [1.29, 1.82) is 0 Å². The number of halogens is 2. The number of nitrogens with zero attached hydrogens (tertiary/aromatic N) is 6. The summed E-state index contributed by atoms with van der Waals surface area (Å²) in [5, 5.41) is 14.8. The second-order valence-corrected chi connectivity index (χ2v) is 4.41. The minimum absolute atomic E-state index is 0.226. The van der Waals surface area contributed by atoms with Crippen LogP contribution in [0.15, 0.2) is 0 Å². The molecule has 0 bridgehead atoms. The highest BCUT2D eigenvalue weighted by Gasteiger charge is 2.33. The molecule has 6 nitrogen and oxygen atoms in total. The Kier molecular flexibility index (Phi) is 2.18. The summed E-state index contributed by atoms with van der Waals surface area (Å²) < 4.78 is 2.19. The third-order valence-electron chi connectivity index (χ3n) is 1.56. The molecule has 0 saturated heterocycles. The van der Waals surface area contributed by atoms with Crippen LogP contribution in [0.1, 0.15) is 0 Å². The highest BCUT2D eigenvalue weighted by molar-refractivity contribution is 14.1. The molecule has 0 spiro atoms. The molecule has 1 aromatic heterocycles. The first-order valence-electron chi connectivity index (χ1n) is 3.10. The zero-order valence-corrected chi connectivity index (χ0v) is 10.3. The minimum Gasteiger partial charge on any atom is -0.325 e. The van der Waals surface area contributed by atoms with E-state index in [1.54, 1.807) is 0 Å². The number of aromatic nitrogens is 4. The monoisotopic (exact) mass is 390 g/mol. The van der Waals surface area contributed by atoms with E-state index in [1.807, 2.05) is 15.1 Å². The molecule has 0 aromatic carbocycles. The fourth-order valence-electron chi connectivity index (χ4n) is 0.935. The number of hydrogen-bond donors (Lipinski definition) is 0. The van der Waals surface area contributed by atoms with Crippen LogP contribution in [0.2, 0.25) is 0 Å². The average Bonchev–Trinajstić information content (AvgIpc) is 2.33. The molecule has 1 atom stereocenters. The molecule has 0 N–H and O–H groups in total. The van der Waals surface area contributed by atoms with Gasteiger partial charge in [0, 0.05) is 7.05 Å². The molecule has 0 saturated carbocycles. The Hall–Kier alpha value is 0.000000000000000222. The van der Waals surface area contributed by atoms with E-state index in [4.69, 9.17) is 0 Å². The fraction of sp³-hybridized carbons (Fsp3) is 0.500. The second kappa shape index (κ2) is 3.05. The van der Waals surface area contributed by atoms with E-state index in [2.05, 4.69) is 66.1 Å². The van der Waals surface area contributed by atoms with Gasteiger partial charge in [-0.3, -0.25) is 3.11 Å². The molecule has 64 valence electrons. The summed E-state index contributed by atoms with van der Waals surface area (Å²) in [5.74, 6) is 1.55. The zero-order chi connectivity index (χ0) is 8.72. The largest absolute Gasteiger partial charge is 0.325 e. The van der Waals surface area contributed by atoms with Gasteiger partial charge in [-0.05, 0) is 33.0 Å². The predicted octanol–water partition coefficient (Wildman–Crippen LogP) is 0.591. The molecule has 1 aromatic rings. The Morgan fingerprint density at radius 2 is 1.83 bits per heavy atom. The van der Waals surface area contributed by atoms with Gasteiger partial charge in [-0.2, -0.15) is 0 Å². The average molecular weight is 390 g/mol. The molecule has 0 radical (unpaired) electrons. The van der Waals surface area contributed by atoms with Crippen molar-refractivity contribution in [2.45, 2.75) is 4.17 Å². The molecule has 2 heterocycles. The molecule has 8 heteroatoms. The number of alkyl halides is 1. The van der Waals surface area contributed by atoms with Crippen LogP contribution in [0.3, 0.4) is 0 Å². The van der Waals surface area contributed by atoms with Crippen LogP contribution >= 0.6 is 45.5 Å². The first kappa shape index (κ1) is 8.59. The van der Waals surface area contributed by atoms with Crippen LogP contribution in [0.25, 0.3) is 0 Å². The molecule has 0 amide bonds. The predicted molar refractivity (Wildman–Crippen MR) is 60.3 cm³/mol. The second-order valence-electron chi connectivity index (χ2n) is 2.26. The van der Waals surface area contributed by atoms with E-state index in [0.717, 1.165) is 11.6 Å². The Morgan fingerprint density at radius 1 is 1.25 bits per heavy atom. The van der Waals surface area contributed by atoms with Crippen molar-refractivity contribution in [3.05, 3.63) is 0 Å². The summed E-state index contributed by atoms with van der Waals surface area (Å²) in [6.45, 7) is 0. The van der Waals surface area contributed by atoms with Crippen LogP contribution < -0.4 is 8.01 Å². The van der Waals surface area contributed by atoms with Gasteiger partial charge in [0.15, 0.2) is 4.17 Å². The minimum atomic E-state index is 0.226. The van der Waals surface area contributed by atoms with E-state index in [1.165, 1.54) is 0 Å². The first-order valence-corrected chi connectivity index (χ1v) is 5.31. The lowest BCUT2D eigenvalue weighted by Crippen LogP contribution is -2.29. The van der Waals surface area contributed by atoms with Crippen molar-refractivity contribution in [2.24, 2.45) is 0 Å². The molecule has 0 aliphatic carbocycles. The van der Waals surface area contributed by atoms with Crippen molar-refractivity contribution in [2.75, 3.05) is 15.1 Å². The van der Waals surface area contributed by atoms with Gasteiger partial charge in [0.1, 0.15) is 0 Å². The van der Waals surface area contributed by atoms with E-state index < -0.39 is 0 Å². The summed E-state index contributed by atoms with van der Waals surface area (Å²) in [5.41, 5.74) is 0. The van der Waals surface area contributed by atoms with Gasteiger partial charge in [0.2, 0.25) is 11.6 Å². The third-order valence-corrected chi connectivity index (χ3v) is 5.01.